The van der Waals surface area contributed by atoms with E-state index in [0.29, 0.717) is 12.6 Å². The van der Waals surface area contributed by atoms with Crippen molar-refractivity contribution < 1.29 is 14.3 Å². The molecule has 0 spiro atoms. The molecule has 0 bridgehead atoms. The van der Waals surface area contributed by atoms with Crippen molar-refractivity contribution in [3.05, 3.63) is 35.9 Å². The molecule has 0 unspecified atom stereocenters. The van der Waals surface area contributed by atoms with Crippen LogP contribution in [0.4, 0.5) is 4.79 Å². The fourth-order valence-electron chi connectivity index (χ4n) is 2.97. The number of piperidine rings is 1. The van der Waals surface area contributed by atoms with E-state index < -0.39 is 5.60 Å². The molecule has 1 aromatic rings. The average molecular weight is 289 g/mol. The molecule has 1 amide bonds. The molecule has 3 atom stereocenters. The molecule has 2 saturated heterocycles. The SMILES string of the molecule is CC(C)(C)OC(=O)N1CC[C@@H]2O[C@@H]2[C@H]1Cc1ccccc1. The Kier molecular flexibility index (Phi) is 3.66. The normalized spacial score (nSPS) is 28.0. The predicted molar refractivity (Wildman–Crippen MR) is 80.2 cm³/mol. The molecule has 2 heterocycles. The molecular formula is C17H23NO3. The monoisotopic (exact) mass is 289 g/mol. The van der Waals surface area contributed by atoms with Gasteiger partial charge in [-0.3, -0.25) is 0 Å². The first-order valence-electron chi connectivity index (χ1n) is 7.63. The molecule has 4 nitrogen and oxygen atoms in total. The minimum absolute atomic E-state index is 0.0843. The molecule has 0 N–H and O–H groups in total. The Morgan fingerprint density at radius 1 is 1.33 bits per heavy atom. The Labute approximate surface area is 126 Å². The maximum atomic E-state index is 12.4. The molecule has 0 aliphatic carbocycles. The number of fused-ring (bicyclic) bond motifs is 1. The highest BCUT2D eigenvalue weighted by Crippen LogP contribution is 2.37. The number of rotatable bonds is 2. The number of amides is 1. The second-order valence-electron chi connectivity index (χ2n) is 6.86. The highest BCUT2D eigenvalue weighted by atomic mass is 16.6. The lowest BCUT2D eigenvalue weighted by atomic mass is 9.96. The summed E-state index contributed by atoms with van der Waals surface area (Å²) in [7, 11) is 0. The van der Waals surface area contributed by atoms with Gasteiger partial charge in [0.15, 0.2) is 0 Å². The fraction of sp³-hybridized carbons (Fsp3) is 0.588. The zero-order chi connectivity index (χ0) is 15.0. The standard InChI is InChI=1S/C17H23NO3/c1-17(2,3)21-16(19)18-10-9-14-15(20-14)13(18)11-12-7-5-4-6-8-12/h4-8,13-15H,9-11H2,1-3H3/t13-,14+,15-/m1/s1. The van der Waals surface area contributed by atoms with Crippen molar-refractivity contribution in [3.8, 4) is 0 Å². The number of epoxide rings is 1. The Morgan fingerprint density at radius 2 is 2.05 bits per heavy atom. The number of nitrogens with zero attached hydrogens (tertiary/aromatic N) is 1. The minimum Gasteiger partial charge on any atom is -0.444 e. The lowest BCUT2D eigenvalue weighted by Gasteiger charge is -2.35. The third kappa shape index (κ3) is 3.38. The number of ether oxygens (including phenoxy) is 2. The Bertz CT molecular complexity index is 509. The summed E-state index contributed by atoms with van der Waals surface area (Å²) in [5, 5.41) is 0. The number of likely N-dealkylation sites (tertiary alicyclic amines) is 1. The van der Waals surface area contributed by atoms with Gasteiger partial charge in [0.05, 0.1) is 12.1 Å². The lowest BCUT2D eigenvalue weighted by molar-refractivity contribution is 0.0117. The zero-order valence-electron chi connectivity index (χ0n) is 12.9. The van der Waals surface area contributed by atoms with Gasteiger partial charge in [-0.2, -0.15) is 0 Å². The highest BCUT2D eigenvalue weighted by Gasteiger charge is 2.52. The molecule has 0 saturated carbocycles. The van der Waals surface area contributed by atoms with Gasteiger partial charge < -0.3 is 14.4 Å². The predicted octanol–water partition coefficient (Wildman–Crippen LogP) is 3.01. The largest absolute Gasteiger partial charge is 0.444 e. The van der Waals surface area contributed by atoms with E-state index in [2.05, 4.69) is 12.1 Å². The molecule has 2 aliphatic rings. The van der Waals surface area contributed by atoms with E-state index in [4.69, 9.17) is 9.47 Å². The molecule has 0 aromatic heterocycles. The first kappa shape index (κ1) is 14.4. The van der Waals surface area contributed by atoms with Crippen LogP contribution in [0.3, 0.4) is 0 Å². The summed E-state index contributed by atoms with van der Waals surface area (Å²) in [4.78, 5) is 14.3. The van der Waals surface area contributed by atoms with Crippen molar-refractivity contribution in [2.75, 3.05) is 6.54 Å². The van der Waals surface area contributed by atoms with E-state index in [1.54, 1.807) is 0 Å². The average Bonchev–Trinajstić information content (AvgIpc) is 3.18. The van der Waals surface area contributed by atoms with Crippen LogP contribution in [-0.4, -0.2) is 41.4 Å². The molecule has 3 rings (SSSR count). The lowest BCUT2D eigenvalue weighted by Crippen LogP contribution is -2.50. The van der Waals surface area contributed by atoms with Crippen LogP contribution >= 0.6 is 0 Å². The Hall–Kier alpha value is -1.55. The molecule has 114 valence electrons. The summed E-state index contributed by atoms with van der Waals surface area (Å²) in [6.45, 7) is 6.42. The van der Waals surface area contributed by atoms with Crippen molar-refractivity contribution in [2.45, 2.75) is 57.5 Å². The van der Waals surface area contributed by atoms with Gasteiger partial charge in [-0.25, -0.2) is 4.79 Å². The number of carbonyl (C=O) groups is 1. The molecule has 1 aromatic carbocycles. The van der Waals surface area contributed by atoms with Crippen LogP contribution in [0.5, 0.6) is 0 Å². The third-order valence-electron chi connectivity index (χ3n) is 3.97. The van der Waals surface area contributed by atoms with Crippen molar-refractivity contribution in [2.24, 2.45) is 0 Å². The summed E-state index contributed by atoms with van der Waals surface area (Å²) >= 11 is 0. The van der Waals surface area contributed by atoms with Crippen LogP contribution < -0.4 is 0 Å². The number of hydrogen-bond acceptors (Lipinski definition) is 3. The van der Waals surface area contributed by atoms with Crippen molar-refractivity contribution >= 4 is 6.09 Å². The summed E-state index contributed by atoms with van der Waals surface area (Å²) in [6, 6.07) is 10.3. The maximum absolute atomic E-state index is 12.4. The van der Waals surface area contributed by atoms with Gasteiger partial charge in [-0.1, -0.05) is 30.3 Å². The molecule has 4 heteroatoms. The van der Waals surface area contributed by atoms with Gasteiger partial charge in [0.2, 0.25) is 0 Å². The third-order valence-corrected chi connectivity index (χ3v) is 3.97. The number of carbonyl (C=O) groups excluding carboxylic acids is 1. The summed E-state index contributed by atoms with van der Waals surface area (Å²) in [6.07, 6.45) is 2.01. The summed E-state index contributed by atoms with van der Waals surface area (Å²) in [5.41, 5.74) is 0.766. The zero-order valence-corrected chi connectivity index (χ0v) is 12.9. The van der Waals surface area contributed by atoms with Crippen LogP contribution in [-0.2, 0) is 15.9 Å². The van der Waals surface area contributed by atoms with Crippen molar-refractivity contribution in [3.63, 3.8) is 0 Å². The molecule has 2 aliphatic heterocycles. The van der Waals surface area contributed by atoms with Crippen molar-refractivity contribution in [1.82, 2.24) is 4.90 Å². The smallest absolute Gasteiger partial charge is 0.410 e. The Balaban J connectivity index is 1.73. The van der Waals surface area contributed by atoms with Gasteiger partial charge in [0, 0.05) is 6.54 Å². The van der Waals surface area contributed by atoms with Crippen molar-refractivity contribution in [1.29, 1.82) is 0 Å². The summed E-state index contributed by atoms with van der Waals surface area (Å²) in [5.74, 6) is 0. The minimum atomic E-state index is -0.463. The highest BCUT2D eigenvalue weighted by molar-refractivity contribution is 5.69. The van der Waals surface area contributed by atoms with E-state index >= 15 is 0 Å². The fourth-order valence-corrected chi connectivity index (χ4v) is 2.97. The van der Waals surface area contributed by atoms with Gasteiger partial charge >= 0.3 is 6.09 Å². The molecule has 2 fully saturated rings. The number of benzene rings is 1. The van der Waals surface area contributed by atoms with Gasteiger partial charge in [-0.15, -0.1) is 0 Å². The second kappa shape index (κ2) is 5.34. The van der Waals surface area contributed by atoms with Crippen LogP contribution in [0, 0.1) is 0 Å². The number of hydrogen-bond donors (Lipinski definition) is 0. The first-order valence-corrected chi connectivity index (χ1v) is 7.63. The van der Waals surface area contributed by atoms with Crippen LogP contribution in [0.15, 0.2) is 30.3 Å². The van der Waals surface area contributed by atoms with E-state index in [-0.39, 0.29) is 18.2 Å². The van der Waals surface area contributed by atoms with Gasteiger partial charge in [0.1, 0.15) is 11.7 Å². The van der Waals surface area contributed by atoms with E-state index in [9.17, 15) is 4.79 Å². The molecule has 0 radical (unpaired) electrons. The Morgan fingerprint density at radius 3 is 2.71 bits per heavy atom. The van der Waals surface area contributed by atoms with Crippen LogP contribution in [0.25, 0.3) is 0 Å². The molecule has 21 heavy (non-hydrogen) atoms. The van der Waals surface area contributed by atoms with Gasteiger partial charge in [-0.05, 0) is 39.2 Å². The quantitative estimate of drug-likeness (QED) is 0.786. The van der Waals surface area contributed by atoms with Crippen LogP contribution in [0.1, 0.15) is 32.8 Å². The maximum Gasteiger partial charge on any atom is 0.410 e. The van der Waals surface area contributed by atoms with Gasteiger partial charge in [0.25, 0.3) is 0 Å². The van der Waals surface area contributed by atoms with E-state index in [0.717, 1.165) is 12.8 Å². The first-order chi connectivity index (χ1) is 9.94. The second-order valence-corrected chi connectivity index (χ2v) is 6.86. The van der Waals surface area contributed by atoms with E-state index in [1.807, 2.05) is 43.9 Å². The van der Waals surface area contributed by atoms with E-state index in [1.165, 1.54) is 5.56 Å². The summed E-state index contributed by atoms with van der Waals surface area (Å²) < 4.78 is 11.3. The van der Waals surface area contributed by atoms with Crippen LogP contribution in [0.2, 0.25) is 0 Å². The molecular weight excluding hydrogens is 266 g/mol. The topological polar surface area (TPSA) is 42.1 Å².